The normalized spacial score (nSPS) is 11.2. The second kappa shape index (κ2) is 10.8. The molecule has 8 heteroatoms. The van der Waals surface area contributed by atoms with Crippen molar-refractivity contribution >= 4 is 17.5 Å². The van der Waals surface area contributed by atoms with Gasteiger partial charge in [-0.25, -0.2) is 4.79 Å². The van der Waals surface area contributed by atoms with Gasteiger partial charge in [-0.15, -0.1) is 0 Å². The molecule has 0 bridgehead atoms. The van der Waals surface area contributed by atoms with Gasteiger partial charge in [0.25, 0.3) is 5.69 Å². The molecule has 0 atom stereocenters. The van der Waals surface area contributed by atoms with Gasteiger partial charge in [-0.2, -0.15) is 0 Å². The fourth-order valence-corrected chi connectivity index (χ4v) is 3.00. The standard InChI is InChI=1S/C15H14N2O5.C8H18O/c1-2-22-14-6-4-3-5-12(14)11-8-7-10(16-15(18)19)9-13(11)17(20)21;1-7(2,3)9-8(4,5)6/h3-9,16H,2H2,1H3,(H,18,19);1-6H3. The average Bonchev–Trinajstić information content (AvgIpc) is 2.59. The van der Waals surface area contributed by atoms with Crippen LogP contribution in [0.15, 0.2) is 42.5 Å². The Labute approximate surface area is 183 Å². The van der Waals surface area contributed by atoms with E-state index in [1.807, 2.05) is 6.92 Å². The molecule has 170 valence electrons. The number of amides is 1. The summed E-state index contributed by atoms with van der Waals surface area (Å²) < 4.78 is 11.1. The highest BCUT2D eigenvalue weighted by Gasteiger charge is 2.20. The van der Waals surface area contributed by atoms with Crippen LogP contribution in [-0.4, -0.2) is 33.9 Å². The van der Waals surface area contributed by atoms with E-state index in [-0.39, 0.29) is 22.6 Å². The maximum Gasteiger partial charge on any atom is 0.409 e. The monoisotopic (exact) mass is 432 g/mol. The van der Waals surface area contributed by atoms with E-state index in [1.54, 1.807) is 24.3 Å². The van der Waals surface area contributed by atoms with Gasteiger partial charge in [0.15, 0.2) is 0 Å². The number of nitro groups is 1. The van der Waals surface area contributed by atoms with Gasteiger partial charge in [0, 0.05) is 11.6 Å². The van der Waals surface area contributed by atoms with Gasteiger partial charge in [-0.3, -0.25) is 15.4 Å². The predicted molar refractivity (Wildman–Crippen MR) is 122 cm³/mol. The van der Waals surface area contributed by atoms with Crippen molar-refractivity contribution in [1.82, 2.24) is 0 Å². The summed E-state index contributed by atoms with van der Waals surface area (Å²) in [6.07, 6.45) is -1.28. The first-order chi connectivity index (χ1) is 14.2. The van der Waals surface area contributed by atoms with Gasteiger partial charge < -0.3 is 14.6 Å². The van der Waals surface area contributed by atoms with E-state index in [0.717, 1.165) is 0 Å². The average molecular weight is 433 g/mol. The van der Waals surface area contributed by atoms with Crippen molar-refractivity contribution < 1.29 is 24.3 Å². The molecule has 2 aromatic carbocycles. The first-order valence-corrected chi connectivity index (χ1v) is 9.94. The fourth-order valence-electron chi connectivity index (χ4n) is 3.00. The Morgan fingerprint density at radius 1 is 1.03 bits per heavy atom. The van der Waals surface area contributed by atoms with Crippen molar-refractivity contribution in [3.63, 3.8) is 0 Å². The first kappa shape index (κ1) is 25.9. The van der Waals surface area contributed by atoms with E-state index in [4.69, 9.17) is 14.6 Å². The zero-order valence-electron chi connectivity index (χ0n) is 19.2. The number of benzene rings is 2. The Balaban J connectivity index is 0.000000452. The molecule has 0 saturated carbocycles. The Bertz CT molecular complexity index is 886. The summed E-state index contributed by atoms with van der Waals surface area (Å²) in [6.45, 7) is 14.7. The number of hydrogen-bond acceptors (Lipinski definition) is 5. The molecule has 0 aliphatic rings. The fraction of sp³-hybridized carbons (Fsp3) is 0.435. The van der Waals surface area contributed by atoms with Crippen molar-refractivity contribution in [2.75, 3.05) is 11.9 Å². The van der Waals surface area contributed by atoms with Crippen LogP contribution in [0.25, 0.3) is 11.1 Å². The molecule has 0 heterocycles. The lowest BCUT2D eigenvalue weighted by atomic mass is 10.0. The molecule has 31 heavy (non-hydrogen) atoms. The van der Waals surface area contributed by atoms with Crippen molar-refractivity contribution in [3.05, 3.63) is 52.6 Å². The number of carboxylic acid groups (broad SMARTS) is 1. The molecule has 2 aromatic rings. The Kier molecular flexibility index (Phi) is 9.00. The van der Waals surface area contributed by atoms with Gasteiger partial charge in [0.05, 0.1) is 34.0 Å². The van der Waals surface area contributed by atoms with Crippen molar-refractivity contribution in [2.45, 2.75) is 59.7 Å². The molecule has 2 N–H and O–H groups in total. The van der Waals surface area contributed by atoms with Crippen LogP contribution in [0.5, 0.6) is 5.75 Å². The lowest BCUT2D eigenvalue weighted by Gasteiger charge is -2.30. The van der Waals surface area contributed by atoms with Gasteiger partial charge in [-0.1, -0.05) is 18.2 Å². The molecule has 0 unspecified atom stereocenters. The van der Waals surface area contributed by atoms with E-state index in [9.17, 15) is 14.9 Å². The minimum absolute atomic E-state index is 0.0156. The smallest absolute Gasteiger partial charge is 0.409 e. The number of nitro benzene ring substituents is 1. The van der Waals surface area contributed by atoms with Crippen LogP contribution >= 0.6 is 0 Å². The third-order valence-electron chi connectivity index (χ3n) is 3.54. The quantitative estimate of drug-likeness (QED) is 0.421. The van der Waals surface area contributed by atoms with Gasteiger partial charge in [0.1, 0.15) is 5.75 Å². The summed E-state index contributed by atoms with van der Waals surface area (Å²) >= 11 is 0. The lowest BCUT2D eigenvalue weighted by Crippen LogP contribution is -2.31. The maximum absolute atomic E-state index is 11.3. The topological polar surface area (TPSA) is 111 Å². The molecule has 2 rings (SSSR count). The second-order valence-electron chi connectivity index (χ2n) is 8.68. The number of anilines is 1. The number of hydrogen-bond donors (Lipinski definition) is 2. The highest BCUT2D eigenvalue weighted by atomic mass is 16.6. The number of ether oxygens (including phenoxy) is 2. The molecular weight excluding hydrogens is 400 g/mol. The third kappa shape index (κ3) is 9.48. The van der Waals surface area contributed by atoms with Crippen molar-refractivity contribution in [3.8, 4) is 16.9 Å². The Hall–Kier alpha value is -3.13. The number of carbonyl (C=O) groups is 1. The first-order valence-electron chi connectivity index (χ1n) is 9.94. The zero-order valence-corrected chi connectivity index (χ0v) is 19.2. The van der Waals surface area contributed by atoms with E-state index >= 15 is 0 Å². The summed E-state index contributed by atoms with van der Waals surface area (Å²) in [5.74, 6) is 0.534. The van der Waals surface area contributed by atoms with Crippen molar-refractivity contribution in [2.24, 2.45) is 0 Å². The molecule has 1 amide bonds. The molecule has 0 aliphatic heterocycles. The van der Waals surface area contributed by atoms with Crippen LogP contribution in [0.2, 0.25) is 0 Å². The predicted octanol–water partition coefficient (Wildman–Crippen LogP) is 6.35. The molecule has 8 nitrogen and oxygen atoms in total. The molecule has 0 aromatic heterocycles. The van der Waals surface area contributed by atoms with E-state index in [0.29, 0.717) is 23.5 Å². The molecule has 0 saturated heterocycles. The highest BCUT2D eigenvalue weighted by Crippen LogP contribution is 2.37. The largest absolute Gasteiger partial charge is 0.493 e. The number of para-hydroxylation sites is 1. The van der Waals surface area contributed by atoms with Crippen LogP contribution in [-0.2, 0) is 4.74 Å². The number of nitrogens with zero attached hydrogens (tertiary/aromatic N) is 1. The molecule has 0 aliphatic carbocycles. The molecular formula is C23H32N2O6. The Morgan fingerprint density at radius 3 is 2.06 bits per heavy atom. The summed E-state index contributed by atoms with van der Waals surface area (Å²) in [7, 11) is 0. The Morgan fingerprint density at radius 2 is 1.61 bits per heavy atom. The molecule has 0 fully saturated rings. The van der Waals surface area contributed by atoms with Crippen LogP contribution in [0.1, 0.15) is 48.5 Å². The molecule has 0 radical (unpaired) electrons. The van der Waals surface area contributed by atoms with E-state index in [2.05, 4.69) is 46.9 Å². The van der Waals surface area contributed by atoms with Crippen LogP contribution in [0.4, 0.5) is 16.2 Å². The third-order valence-corrected chi connectivity index (χ3v) is 3.54. The number of nitrogens with one attached hydrogen (secondary N) is 1. The van der Waals surface area contributed by atoms with Crippen molar-refractivity contribution in [1.29, 1.82) is 0 Å². The minimum atomic E-state index is -1.28. The minimum Gasteiger partial charge on any atom is -0.493 e. The molecule has 0 spiro atoms. The lowest BCUT2D eigenvalue weighted by molar-refractivity contribution is -0.384. The van der Waals surface area contributed by atoms with Crippen LogP contribution < -0.4 is 10.1 Å². The van der Waals surface area contributed by atoms with Gasteiger partial charge in [-0.05, 0) is 66.7 Å². The maximum atomic E-state index is 11.3. The van der Waals surface area contributed by atoms with E-state index < -0.39 is 11.0 Å². The summed E-state index contributed by atoms with van der Waals surface area (Å²) in [5.41, 5.74) is 0.856. The second-order valence-corrected chi connectivity index (χ2v) is 8.68. The zero-order chi connectivity index (χ0) is 23.8. The van der Waals surface area contributed by atoms with Gasteiger partial charge >= 0.3 is 6.09 Å². The van der Waals surface area contributed by atoms with Gasteiger partial charge in [0.2, 0.25) is 0 Å². The summed E-state index contributed by atoms with van der Waals surface area (Å²) in [6, 6.07) is 11.1. The summed E-state index contributed by atoms with van der Waals surface area (Å²) in [5, 5.41) is 22.1. The number of rotatable bonds is 5. The highest BCUT2D eigenvalue weighted by molar-refractivity contribution is 5.86. The SMILES string of the molecule is CC(C)(C)OC(C)(C)C.CCOc1ccccc1-c1ccc(NC(=O)O)cc1[N+](=O)[O-]. The van der Waals surface area contributed by atoms with Crippen LogP contribution in [0.3, 0.4) is 0 Å². The summed E-state index contributed by atoms with van der Waals surface area (Å²) in [4.78, 5) is 21.4. The van der Waals surface area contributed by atoms with Crippen LogP contribution in [0, 0.1) is 10.1 Å². The van der Waals surface area contributed by atoms with E-state index in [1.165, 1.54) is 18.2 Å².